The van der Waals surface area contributed by atoms with Crippen molar-refractivity contribution in [2.75, 3.05) is 53.4 Å². The summed E-state index contributed by atoms with van der Waals surface area (Å²) in [5.74, 6) is 3.35. The summed E-state index contributed by atoms with van der Waals surface area (Å²) in [6.45, 7) is 6.97. The average molecular weight is 499 g/mol. The van der Waals surface area contributed by atoms with Crippen LogP contribution >= 0.6 is 0 Å². The molecule has 2 atom stereocenters. The van der Waals surface area contributed by atoms with E-state index < -0.39 is 0 Å². The van der Waals surface area contributed by atoms with Crippen molar-refractivity contribution in [2.24, 2.45) is 4.99 Å². The number of aromatic nitrogens is 1. The molecule has 1 saturated heterocycles. The third kappa shape index (κ3) is 5.03. The Balaban J connectivity index is 1.25. The predicted molar refractivity (Wildman–Crippen MR) is 148 cm³/mol. The molecule has 1 fully saturated rings. The largest absolute Gasteiger partial charge is 0.496 e. The molecule has 6 rings (SSSR count). The number of hydrogen-bond donors (Lipinski definition) is 0. The van der Waals surface area contributed by atoms with Gasteiger partial charge in [0.25, 0.3) is 0 Å². The van der Waals surface area contributed by atoms with E-state index in [2.05, 4.69) is 75.2 Å². The van der Waals surface area contributed by atoms with E-state index in [9.17, 15) is 0 Å². The Hall–Kier alpha value is -3.16. The molecule has 1 aliphatic carbocycles. The van der Waals surface area contributed by atoms with Crippen LogP contribution in [0.25, 0.3) is 0 Å². The molecule has 0 radical (unpaired) electrons. The first-order valence-corrected chi connectivity index (χ1v) is 13.7. The molecule has 4 aliphatic rings. The number of aliphatic imine (C=N–C) groups is 1. The normalized spacial score (nSPS) is 23.5. The summed E-state index contributed by atoms with van der Waals surface area (Å²) < 4.78 is 5.74. The zero-order chi connectivity index (χ0) is 25.2. The highest BCUT2D eigenvalue weighted by Crippen LogP contribution is 2.36. The van der Waals surface area contributed by atoms with Gasteiger partial charge in [0.15, 0.2) is 0 Å². The minimum atomic E-state index is 0.206. The molecule has 37 heavy (non-hydrogen) atoms. The van der Waals surface area contributed by atoms with Crippen molar-refractivity contribution in [1.82, 2.24) is 24.6 Å². The molecule has 1 aromatic carbocycles. The molecule has 0 amide bonds. The van der Waals surface area contributed by atoms with E-state index in [1.807, 2.05) is 12.3 Å². The molecule has 0 saturated carbocycles. The lowest BCUT2D eigenvalue weighted by molar-refractivity contribution is 0.144. The van der Waals surface area contributed by atoms with Gasteiger partial charge in [0.05, 0.1) is 24.9 Å². The zero-order valence-electron chi connectivity index (χ0n) is 22.1. The molecule has 0 bridgehead atoms. The second-order valence-electron chi connectivity index (χ2n) is 10.6. The summed E-state index contributed by atoms with van der Waals surface area (Å²) in [6.07, 6.45) is 12.0. The van der Waals surface area contributed by atoms with Crippen LogP contribution < -0.4 is 4.74 Å². The van der Waals surface area contributed by atoms with Crippen molar-refractivity contribution < 1.29 is 4.74 Å². The van der Waals surface area contributed by atoms with Gasteiger partial charge in [-0.2, -0.15) is 0 Å². The fraction of sp³-hybridized carbons (Fsp3) is 0.467. The number of aryl methyl sites for hydroxylation is 1. The van der Waals surface area contributed by atoms with Gasteiger partial charge in [-0.3, -0.25) is 14.9 Å². The number of para-hydroxylation sites is 1. The van der Waals surface area contributed by atoms with E-state index in [4.69, 9.17) is 14.7 Å². The molecular formula is C30H38N6O. The Morgan fingerprint density at radius 2 is 1.95 bits per heavy atom. The highest BCUT2D eigenvalue weighted by Gasteiger charge is 2.35. The summed E-state index contributed by atoms with van der Waals surface area (Å²) in [5.41, 5.74) is 3.85. The number of piperazine rings is 1. The fourth-order valence-corrected chi connectivity index (χ4v) is 6.23. The molecule has 2 aromatic rings. The number of ether oxygens (including phenoxy) is 1. The third-order valence-electron chi connectivity index (χ3n) is 8.20. The van der Waals surface area contributed by atoms with Crippen LogP contribution in [0, 0.1) is 0 Å². The van der Waals surface area contributed by atoms with Crippen LogP contribution in [-0.4, -0.2) is 89.9 Å². The van der Waals surface area contributed by atoms with E-state index in [1.54, 1.807) is 7.11 Å². The number of fused-ring (bicyclic) bond motifs is 2. The minimum absolute atomic E-state index is 0.206. The molecular weight excluding hydrogens is 460 g/mol. The number of hydrogen-bond acceptors (Lipinski definition) is 7. The smallest absolute Gasteiger partial charge is 0.129 e. The standard InChI is InChI=1S/C30H38N6O/c1-33-16-18-34(19-17-33)29-14-6-13-28-32-25(22-36(28)29)21-35(20-24-8-3-4-12-27(24)37-2)26-11-5-9-23-10-7-15-31-30(23)26/h3-4,6-8,10,12-15,25-26H,5,9,11,16-22H2,1-2H3/t25?,26-/m0/s1. The molecule has 7 nitrogen and oxygen atoms in total. The second kappa shape index (κ2) is 10.7. The van der Waals surface area contributed by atoms with Gasteiger partial charge in [0.1, 0.15) is 17.4 Å². The molecule has 0 spiro atoms. The summed E-state index contributed by atoms with van der Waals surface area (Å²) in [7, 11) is 3.97. The Morgan fingerprint density at radius 1 is 1.08 bits per heavy atom. The summed E-state index contributed by atoms with van der Waals surface area (Å²) in [5, 5.41) is 0. The number of pyridine rings is 1. The van der Waals surface area contributed by atoms with Gasteiger partial charge in [-0.15, -0.1) is 0 Å². The van der Waals surface area contributed by atoms with E-state index in [0.717, 1.165) is 70.2 Å². The van der Waals surface area contributed by atoms with Gasteiger partial charge in [-0.25, -0.2) is 0 Å². The molecule has 194 valence electrons. The molecule has 7 heteroatoms. The van der Waals surface area contributed by atoms with Crippen molar-refractivity contribution in [3.63, 3.8) is 0 Å². The van der Waals surface area contributed by atoms with E-state index in [-0.39, 0.29) is 12.1 Å². The molecule has 3 aliphatic heterocycles. The summed E-state index contributed by atoms with van der Waals surface area (Å²) >= 11 is 0. The van der Waals surface area contributed by atoms with Crippen molar-refractivity contribution in [2.45, 2.75) is 37.9 Å². The Kier molecular flexibility index (Phi) is 6.98. The van der Waals surface area contributed by atoms with E-state index in [0.29, 0.717) is 0 Å². The van der Waals surface area contributed by atoms with E-state index in [1.165, 1.54) is 29.1 Å². The SMILES string of the molecule is COc1ccccc1CN(CC1CN2C(N3CCN(C)CC3)=CC=CC2=N1)[C@H]1CCCc2cccnc21. The number of allylic oxidation sites excluding steroid dienone is 2. The number of methoxy groups -OCH3 is 1. The van der Waals surface area contributed by atoms with Gasteiger partial charge in [-0.1, -0.05) is 30.3 Å². The van der Waals surface area contributed by atoms with Crippen LogP contribution in [0.5, 0.6) is 5.75 Å². The fourth-order valence-electron chi connectivity index (χ4n) is 6.23. The number of likely N-dealkylation sites (N-methyl/N-ethyl adjacent to an activating group) is 1. The molecule has 0 N–H and O–H groups in total. The van der Waals surface area contributed by atoms with Crippen LogP contribution in [0.1, 0.15) is 35.7 Å². The monoisotopic (exact) mass is 498 g/mol. The van der Waals surface area contributed by atoms with Crippen molar-refractivity contribution in [1.29, 1.82) is 0 Å². The van der Waals surface area contributed by atoms with Crippen LogP contribution in [0.15, 0.2) is 71.6 Å². The first-order valence-electron chi connectivity index (χ1n) is 13.7. The van der Waals surface area contributed by atoms with Crippen LogP contribution in [0.2, 0.25) is 0 Å². The topological polar surface area (TPSA) is 47.4 Å². The summed E-state index contributed by atoms with van der Waals surface area (Å²) in [4.78, 5) is 20.1. The molecule has 1 unspecified atom stereocenters. The number of benzene rings is 1. The Labute approximate surface area is 220 Å². The van der Waals surface area contributed by atoms with E-state index >= 15 is 0 Å². The Bertz CT molecular complexity index is 1200. The number of rotatable bonds is 7. The van der Waals surface area contributed by atoms with Crippen molar-refractivity contribution in [3.05, 3.63) is 83.5 Å². The highest BCUT2D eigenvalue weighted by molar-refractivity contribution is 5.96. The second-order valence-corrected chi connectivity index (χ2v) is 10.6. The predicted octanol–water partition coefficient (Wildman–Crippen LogP) is 3.71. The van der Waals surface area contributed by atoms with Gasteiger partial charge >= 0.3 is 0 Å². The maximum Gasteiger partial charge on any atom is 0.129 e. The first-order chi connectivity index (χ1) is 18.2. The van der Waals surface area contributed by atoms with Gasteiger partial charge in [-0.05, 0) is 56.2 Å². The van der Waals surface area contributed by atoms with Crippen LogP contribution in [0.3, 0.4) is 0 Å². The van der Waals surface area contributed by atoms with Gasteiger partial charge in [0.2, 0.25) is 0 Å². The maximum absolute atomic E-state index is 5.74. The van der Waals surface area contributed by atoms with Crippen LogP contribution in [0.4, 0.5) is 0 Å². The van der Waals surface area contributed by atoms with Gasteiger partial charge in [0, 0.05) is 57.6 Å². The molecule has 4 heterocycles. The lowest BCUT2D eigenvalue weighted by Crippen LogP contribution is -2.48. The van der Waals surface area contributed by atoms with Crippen molar-refractivity contribution in [3.8, 4) is 5.75 Å². The van der Waals surface area contributed by atoms with Crippen molar-refractivity contribution >= 4 is 5.84 Å². The lowest BCUT2D eigenvalue weighted by atomic mass is 9.90. The summed E-state index contributed by atoms with van der Waals surface area (Å²) in [6, 6.07) is 13.2. The first kappa shape index (κ1) is 24.2. The minimum Gasteiger partial charge on any atom is -0.496 e. The maximum atomic E-state index is 5.74. The number of amidine groups is 1. The highest BCUT2D eigenvalue weighted by atomic mass is 16.5. The Morgan fingerprint density at radius 3 is 2.81 bits per heavy atom. The van der Waals surface area contributed by atoms with Crippen LogP contribution in [-0.2, 0) is 13.0 Å². The number of nitrogens with zero attached hydrogens (tertiary/aromatic N) is 6. The van der Waals surface area contributed by atoms with Gasteiger partial charge < -0.3 is 19.4 Å². The lowest BCUT2D eigenvalue weighted by Gasteiger charge is -2.40. The zero-order valence-corrected chi connectivity index (χ0v) is 22.1. The quantitative estimate of drug-likeness (QED) is 0.580. The molecule has 1 aromatic heterocycles. The average Bonchev–Trinajstić information content (AvgIpc) is 3.36. The third-order valence-corrected chi connectivity index (χ3v) is 8.20.